The predicted molar refractivity (Wildman–Crippen MR) is 163 cm³/mol. The Balaban J connectivity index is 1.44. The first kappa shape index (κ1) is 30.7. The molecule has 2 atom stereocenters. The minimum Gasteiger partial charge on any atom is -0.493 e. The highest BCUT2D eigenvalue weighted by Gasteiger charge is 2.35. The maximum atomic E-state index is 13.8. The second-order valence-corrected chi connectivity index (χ2v) is 10.9. The molecule has 4 amide bonds. The van der Waals surface area contributed by atoms with E-state index in [-0.39, 0.29) is 48.6 Å². The smallest absolute Gasteiger partial charge is 0.258 e. The molecule has 1 saturated heterocycles. The van der Waals surface area contributed by atoms with Crippen molar-refractivity contribution in [3.05, 3.63) is 82.4 Å². The van der Waals surface area contributed by atoms with Crippen LogP contribution in [0.15, 0.2) is 60.7 Å². The van der Waals surface area contributed by atoms with Crippen molar-refractivity contribution in [3.63, 3.8) is 0 Å². The van der Waals surface area contributed by atoms with Crippen LogP contribution in [-0.2, 0) is 16.1 Å². The Morgan fingerprint density at radius 2 is 1.89 bits per heavy atom. The summed E-state index contributed by atoms with van der Waals surface area (Å²) < 4.78 is 17.4. The van der Waals surface area contributed by atoms with E-state index >= 15 is 0 Å². The third-order valence-electron chi connectivity index (χ3n) is 7.45. The van der Waals surface area contributed by atoms with E-state index in [1.54, 1.807) is 54.3 Å². The molecule has 0 saturated carbocycles. The fourth-order valence-corrected chi connectivity index (χ4v) is 5.22. The highest BCUT2D eigenvalue weighted by Crippen LogP contribution is 2.29. The van der Waals surface area contributed by atoms with E-state index in [1.165, 1.54) is 13.2 Å². The molecular weight excluding hydrogens is 588 g/mol. The van der Waals surface area contributed by atoms with Gasteiger partial charge in [-0.2, -0.15) is 0 Å². The quantitative estimate of drug-likeness (QED) is 0.404. The summed E-state index contributed by atoms with van der Waals surface area (Å²) in [7, 11) is 1.47. The number of carbonyl (C=O) groups excluding carboxylic acids is 4. The molecular formula is C32H33ClN4O7. The van der Waals surface area contributed by atoms with Crippen LogP contribution in [0, 0.1) is 0 Å². The summed E-state index contributed by atoms with van der Waals surface area (Å²) in [6.45, 7) is 2.25. The molecule has 11 nitrogen and oxygen atoms in total. The summed E-state index contributed by atoms with van der Waals surface area (Å²) in [5.41, 5.74) is 1.76. The number of ether oxygens (including phenoxy) is 3. The zero-order valence-corrected chi connectivity index (χ0v) is 25.1. The molecule has 12 heteroatoms. The van der Waals surface area contributed by atoms with E-state index in [1.807, 2.05) is 12.1 Å². The van der Waals surface area contributed by atoms with Crippen molar-refractivity contribution in [3.8, 4) is 17.2 Å². The number of nitrogens with zero attached hydrogens (tertiary/aromatic N) is 1. The minimum atomic E-state index is -0.591. The van der Waals surface area contributed by atoms with Gasteiger partial charge < -0.3 is 35.1 Å². The summed E-state index contributed by atoms with van der Waals surface area (Å²) >= 11 is 6.17. The molecule has 0 unspecified atom stereocenters. The van der Waals surface area contributed by atoms with Gasteiger partial charge in [0, 0.05) is 43.1 Å². The normalized spacial score (nSPS) is 18.5. The van der Waals surface area contributed by atoms with Gasteiger partial charge in [0.15, 0.2) is 18.1 Å². The van der Waals surface area contributed by atoms with Crippen molar-refractivity contribution in [2.75, 3.05) is 32.1 Å². The van der Waals surface area contributed by atoms with E-state index in [0.29, 0.717) is 47.3 Å². The number of hydrogen-bond acceptors (Lipinski definition) is 7. The van der Waals surface area contributed by atoms with E-state index in [4.69, 9.17) is 25.8 Å². The van der Waals surface area contributed by atoms with Crippen LogP contribution in [0.1, 0.15) is 46.0 Å². The molecule has 44 heavy (non-hydrogen) atoms. The lowest BCUT2D eigenvalue weighted by atomic mass is 9.99. The van der Waals surface area contributed by atoms with Crippen LogP contribution in [0.4, 0.5) is 5.69 Å². The van der Waals surface area contributed by atoms with Crippen LogP contribution in [0.2, 0.25) is 5.02 Å². The van der Waals surface area contributed by atoms with Gasteiger partial charge in [0.25, 0.3) is 17.7 Å². The average molecular weight is 621 g/mol. The van der Waals surface area contributed by atoms with E-state index in [2.05, 4.69) is 16.0 Å². The molecule has 1 fully saturated rings. The lowest BCUT2D eigenvalue weighted by molar-refractivity contribution is -0.123. The van der Waals surface area contributed by atoms with E-state index in [0.717, 1.165) is 5.56 Å². The lowest BCUT2D eigenvalue weighted by Crippen LogP contribution is -2.58. The number of anilines is 1. The number of likely N-dealkylation sites (tertiary alicyclic amines) is 1. The number of amides is 4. The van der Waals surface area contributed by atoms with Crippen LogP contribution in [-0.4, -0.2) is 67.5 Å². The fraction of sp³-hybridized carbons (Fsp3) is 0.312. The van der Waals surface area contributed by atoms with Crippen LogP contribution < -0.4 is 30.2 Å². The second-order valence-electron chi connectivity index (χ2n) is 10.4. The van der Waals surface area contributed by atoms with Gasteiger partial charge in [-0.25, -0.2) is 0 Å². The van der Waals surface area contributed by atoms with Gasteiger partial charge in [-0.05, 0) is 54.1 Å². The summed E-state index contributed by atoms with van der Waals surface area (Å²) in [6.07, 6.45) is 0.209. The Labute approximate surface area is 259 Å². The number of methoxy groups -OCH3 is 1. The predicted octanol–water partition coefficient (Wildman–Crippen LogP) is 3.80. The molecule has 230 valence electrons. The van der Waals surface area contributed by atoms with Crippen molar-refractivity contribution in [2.45, 2.75) is 38.5 Å². The number of fused-ring (bicyclic) bond motifs is 7. The van der Waals surface area contributed by atoms with Gasteiger partial charge in [0.2, 0.25) is 5.91 Å². The Morgan fingerprint density at radius 3 is 2.64 bits per heavy atom. The number of halogens is 1. The highest BCUT2D eigenvalue weighted by atomic mass is 35.5. The van der Waals surface area contributed by atoms with E-state index < -0.39 is 18.1 Å². The molecule has 3 N–H and O–H groups in total. The first-order valence-electron chi connectivity index (χ1n) is 14.3. The average Bonchev–Trinajstić information content (AvgIpc) is 3.03. The van der Waals surface area contributed by atoms with Crippen molar-refractivity contribution in [1.82, 2.24) is 15.5 Å². The van der Waals surface area contributed by atoms with Crippen LogP contribution in [0.5, 0.6) is 17.2 Å². The molecule has 3 aromatic carbocycles. The Morgan fingerprint density at radius 1 is 1.09 bits per heavy atom. The maximum absolute atomic E-state index is 13.8. The molecule has 0 aliphatic carbocycles. The molecule has 0 aromatic heterocycles. The molecule has 0 radical (unpaired) electrons. The Bertz CT molecular complexity index is 1560. The summed E-state index contributed by atoms with van der Waals surface area (Å²) in [6, 6.07) is 16.1. The summed E-state index contributed by atoms with van der Waals surface area (Å²) in [5.74, 6) is -0.120. The van der Waals surface area contributed by atoms with Crippen LogP contribution in [0.3, 0.4) is 0 Å². The Kier molecular flexibility index (Phi) is 9.54. The fourth-order valence-electron chi connectivity index (χ4n) is 5.05. The third-order valence-corrected chi connectivity index (χ3v) is 7.68. The monoisotopic (exact) mass is 620 g/mol. The topological polar surface area (TPSA) is 135 Å². The number of nitrogens with one attached hydrogen (secondary N) is 3. The number of benzene rings is 3. The largest absolute Gasteiger partial charge is 0.493 e. The van der Waals surface area contributed by atoms with Crippen molar-refractivity contribution < 1.29 is 33.4 Å². The standard InChI is InChI=1S/C32H33ClN4O7/c1-3-29(38)35-24-15-21(33)7-10-23(24)32(41)37-13-12-26-25(17-37)36-31(40)20-6-11-27(42-2)28(14-20)43-18-30(39)34-16-19-4-8-22(44-26)9-5-19/h4-11,14-15,25-26H,3,12-13,16-18H2,1-2H3,(H,34,39)(H,35,38)(H,36,40)/t25-,26+/m0/s1. The number of rotatable bonds is 4. The van der Waals surface area contributed by atoms with Gasteiger partial charge >= 0.3 is 0 Å². The van der Waals surface area contributed by atoms with E-state index in [9.17, 15) is 19.2 Å². The van der Waals surface area contributed by atoms with Gasteiger partial charge in [0.1, 0.15) is 11.9 Å². The minimum absolute atomic E-state index is 0.148. The first-order chi connectivity index (χ1) is 21.2. The third kappa shape index (κ3) is 7.23. The van der Waals surface area contributed by atoms with Crippen molar-refractivity contribution in [2.24, 2.45) is 0 Å². The van der Waals surface area contributed by atoms with Gasteiger partial charge in [-0.1, -0.05) is 30.7 Å². The molecule has 3 aliphatic heterocycles. The van der Waals surface area contributed by atoms with Crippen molar-refractivity contribution >= 4 is 40.9 Å². The zero-order valence-electron chi connectivity index (χ0n) is 24.4. The molecule has 4 bridgehead atoms. The lowest BCUT2D eigenvalue weighted by Gasteiger charge is -2.39. The second kappa shape index (κ2) is 13.7. The summed E-state index contributed by atoms with van der Waals surface area (Å²) in [5, 5.41) is 8.99. The molecule has 0 spiro atoms. The van der Waals surface area contributed by atoms with Gasteiger partial charge in [-0.3, -0.25) is 19.2 Å². The molecule has 3 heterocycles. The molecule has 3 aromatic rings. The van der Waals surface area contributed by atoms with Crippen molar-refractivity contribution in [1.29, 1.82) is 0 Å². The molecule has 6 rings (SSSR count). The van der Waals surface area contributed by atoms with Crippen LogP contribution >= 0.6 is 11.6 Å². The van der Waals surface area contributed by atoms with Gasteiger partial charge in [-0.15, -0.1) is 0 Å². The summed E-state index contributed by atoms with van der Waals surface area (Å²) in [4.78, 5) is 53.5. The maximum Gasteiger partial charge on any atom is 0.258 e. The molecule has 3 aliphatic rings. The van der Waals surface area contributed by atoms with Crippen LogP contribution in [0.25, 0.3) is 0 Å². The SMILES string of the molecule is CCC(=O)Nc1cc(Cl)ccc1C(=O)N1CC[C@H]2Oc3ccc(cc3)CNC(=O)COc3cc(ccc3OC)C(=O)N[C@H]2C1. The number of carbonyl (C=O) groups is 4. The van der Waals surface area contributed by atoms with Gasteiger partial charge in [0.05, 0.1) is 24.4 Å². The zero-order chi connectivity index (χ0) is 31.2. The Hall–Kier alpha value is -4.77. The number of hydrogen-bond donors (Lipinski definition) is 3. The first-order valence-corrected chi connectivity index (χ1v) is 14.6. The highest BCUT2D eigenvalue weighted by molar-refractivity contribution is 6.31. The number of piperidine rings is 1.